The van der Waals surface area contributed by atoms with E-state index in [9.17, 15) is 9.59 Å². The fourth-order valence-electron chi connectivity index (χ4n) is 2.48. The minimum Gasteiger partial charge on any atom is -0.478 e. The Hall–Kier alpha value is -2.47. The lowest BCUT2D eigenvalue weighted by Gasteiger charge is -2.26. The van der Waals surface area contributed by atoms with Crippen molar-refractivity contribution in [2.24, 2.45) is 0 Å². The smallest absolute Gasteiger partial charge is 0.335 e. The van der Waals surface area contributed by atoms with Crippen molar-refractivity contribution >= 4 is 35.0 Å². The number of carboxylic acid groups (broad SMARTS) is 1. The molecule has 1 atom stereocenters. The second kappa shape index (κ2) is 6.97. The van der Waals surface area contributed by atoms with Crippen molar-refractivity contribution in [3.63, 3.8) is 0 Å². The second-order valence-electron chi connectivity index (χ2n) is 5.75. The van der Waals surface area contributed by atoms with E-state index in [0.717, 1.165) is 11.4 Å². The zero-order valence-corrected chi connectivity index (χ0v) is 14.0. The number of nitrogens with one attached hydrogen (secondary N) is 2. The summed E-state index contributed by atoms with van der Waals surface area (Å²) in [6, 6.07) is 12.7. The van der Waals surface area contributed by atoms with E-state index in [1.165, 1.54) is 23.3 Å². The molecule has 6 heteroatoms. The molecule has 2 aromatic carbocycles. The van der Waals surface area contributed by atoms with Crippen LogP contribution < -0.4 is 10.6 Å². The summed E-state index contributed by atoms with van der Waals surface area (Å²) in [7, 11) is 0. The van der Waals surface area contributed by atoms with Gasteiger partial charge in [0.2, 0.25) is 5.91 Å². The number of aryl methyl sites for hydroxylation is 1. The van der Waals surface area contributed by atoms with Crippen LogP contribution in [0.4, 0.5) is 11.4 Å². The molecule has 0 fully saturated rings. The molecule has 24 heavy (non-hydrogen) atoms. The Morgan fingerprint density at radius 1 is 1.17 bits per heavy atom. The zero-order valence-electron chi connectivity index (χ0n) is 13.2. The monoisotopic (exact) mass is 342 g/mol. The maximum atomic E-state index is 12.2. The quantitative estimate of drug-likeness (QED) is 0.776. The number of carbonyl (C=O) groups is 2. The molecule has 1 unspecified atom stereocenters. The highest BCUT2D eigenvalue weighted by molar-refractivity contribution is 7.98. The van der Waals surface area contributed by atoms with Gasteiger partial charge in [0, 0.05) is 11.5 Å². The number of hydrogen-bond acceptors (Lipinski definition) is 4. The van der Waals surface area contributed by atoms with Gasteiger partial charge in [0.15, 0.2) is 0 Å². The first kappa shape index (κ1) is 16.4. The number of anilines is 2. The first-order chi connectivity index (χ1) is 11.5. The van der Waals surface area contributed by atoms with Gasteiger partial charge in [-0.15, -0.1) is 0 Å². The largest absolute Gasteiger partial charge is 0.478 e. The van der Waals surface area contributed by atoms with Gasteiger partial charge in [0.05, 0.1) is 16.9 Å². The molecule has 1 aliphatic heterocycles. The maximum absolute atomic E-state index is 12.2. The van der Waals surface area contributed by atoms with Crippen molar-refractivity contribution in [3.8, 4) is 0 Å². The first-order valence-electron chi connectivity index (χ1n) is 7.61. The third-order valence-corrected chi connectivity index (χ3v) is 4.95. The Balaban J connectivity index is 1.60. The minimum absolute atomic E-state index is 0.138. The van der Waals surface area contributed by atoms with E-state index >= 15 is 0 Å². The van der Waals surface area contributed by atoms with Crippen molar-refractivity contribution in [3.05, 3.63) is 59.2 Å². The predicted octanol–water partition coefficient (Wildman–Crippen LogP) is 3.36. The number of aromatic carboxylic acids is 1. The van der Waals surface area contributed by atoms with Gasteiger partial charge in [0.25, 0.3) is 0 Å². The summed E-state index contributed by atoms with van der Waals surface area (Å²) in [5.41, 5.74) is 3.88. The lowest BCUT2D eigenvalue weighted by atomic mass is 10.1. The Labute approximate surface area is 144 Å². The van der Waals surface area contributed by atoms with Gasteiger partial charge in [-0.1, -0.05) is 29.8 Å². The number of thioether (sulfide) groups is 1. The van der Waals surface area contributed by atoms with E-state index in [-0.39, 0.29) is 17.5 Å². The second-order valence-corrected chi connectivity index (χ2v) is 6.78. The van der Waals surface area contributed by atoms with Gasteiger partial charge in [-0.25, -0.2) is 4.79 Å². The molecule has 0 saturated carbocycles. The average Bonchev–Trinajstić information content (AvgIpc) is 2.56. The highest BCUT2D eigenvalue weighted by atomic mass is 32.2. The van der Waals surface area contributed by atoms with Gasteiger partial charge in [-0.3, -0.25) is 4.79 Å². The van der Waals surface area contributed by atoms with E-state index in [1.807, 2.05) is 0 Å². The molecule has 3 rings (SSSR count). The Morgan fingerprint density at radius 3 is 2.62 bits per heavy atom. The van der Waals surface area contributed by atoms with Crippen molar-refractivity contribution in [1.82, 2.24) is 0 Å². The number of carbonyl (C=O) groups excluding carboxylic acids is 1. The fraction of sp³-hybridized carbons (Fsp3) is 0.222. The number of hydrogen-bond donors (Lipinski definition) is 3. The maximum Gasteiger partial charge on any atom is 0.335 e. The van der Waals surface area contributed by atoms with Crippen LogP contribution in [0.15, 0.2) is 42.5 Å². The standard InChI is InChI=1S/C18H18N2O3S/c1-11-2-4-12(5-3-11)9-24-10-16-17(21)20-15-8-13(18(22)23)6-7-14(15)19-16/h2-8,16,19H,9-10H2,1H3,(H,20,21)(H,22,23). The van der Waals surface area contributed by atoms with Crippen LogP contribution in [0.1, 0.15) is 21.5 Å². The van der Waals surface area contributed by atoms with E-state index in [2.05, 4.69) is 41.8 Å². The molecule has 0 bridgehead atoms. The molecule has 5 nitrogen and oxygen atoms in total. The summed E-state index contributed by atoms with van der Waals surface area (Å²) < 4.78 is 0. The fourth-order valence-corrected chi connectivity index (χ4v) is 3.49. The van der Waals surface area contributed by atoms with Gasteiger partial charge < -0.3 is 15.7 Å². The first-order valence-corrected chi connectivity index (χ1v) is 8.76. The molecule has 0 aliphatic carbocycles. The van der Waals surface area contributed by atoms with E-state index in [1.54, 1.807) is 17.8 Å². The third-order valence-electron chi connectivity index (χ3n) is 3.84. The molecule has 1 aliphatic rings. The molecule has 1 heterocycles. The Kier molecular flexibility index (Phi) is 4.76. The summed E-state index contributed by atoms with van der Waals surface area (Å²) in [4.78, 5) is 23.2. The van der Waals surface area contributed by atoms with Crippen molar-refractivity contribution in [1.29, 1.82) is 0 Å². The third kappa shape index (κ3) is 3.71. The number of amides is 1. The highest BCUT2D eigenvalue weighted by Gasteiger charge is 2.25. The van der Waals surface area contributed by atoms with E-state index < -0.39 is 5.97 Å². The normalized spacial score (nSPS) is 16.0. The molecule has 3 N–H and O–H groups in total. The lowest BCUT2D eigenvalue weighted by molar-refractivity contribution is -0.116. The van der Waals surface area contributed by atoms with Gasteiger partial charge in [0.1, 0.15) is 6.04 Å². The van der Waals surface area contributed by atoms with Crippen LogP contribution >= 0.6 is 11.8 Å². The zero-order chi connectivity index (χ0) is 17.1. The summed E-state index contributed by atoms with van der Waals surface area (Å²) in [5.74, 6) is 0.334. The van der Waals surface area contributed by atoms with Crippen molar-refractivity contribution < 1.29 is 14.7 Å². The van der Waals surface area contributed by atoms with Crippen LogP contribution in [0.3, 0.4) is 0 Å². The summed E-state index contributed by atoms with van der Waals surface area (Å²) in [6.45, 7) is 2.06. The van der Waals surface area contributed by atoms with Crippen LogP contribution in [-0.2, 0) is 10.5 Å². The SMILES string of the molecule is Cc1ccc(CSCC2Nc3ccc(C(=O)O)cc3NC2=O)cc1. The molecule has 0 saturated heterocycles. The number of carboxylic acids is 1. The number of fused-ring (bicyclic) bond motifs is 1. The molecular formula is C18H18N2O3S. The van der Waals surface area contributed by atoms with Crippen LogP contribution in [0, 0.1) is 6.92 Å². The average molecular weight is 342 g/mol. The topological polar surface area (TPSA) is 78.4 Å². The molecule has 2 aromatic rings. The van der Waals surface area contributed by atoms with E-state index in [0.29, 0.717) is 11.4 Å². The molecule has 124 valence electrons. The van der Waals surface area contributed by atoms with Crippen LogP contribution in [0.2, 0.25) is 0 Å². The van der Waals surface area contributed by atoms with Crippen molar-refractivity contribution in [2.75, 3.05) is 16.4 Å². The van der Waals surface area contributed by atoms with Gasteiger partial charge >= 0.3 is 5.97 Å². The molecule has 1 amide bonds. The van der Waals surface area contributed by atoms with E-state index in [4.69, 9.17) is 5.11 Å². The molecule has 0 radical (unpaired) electrons. The molecular weight excluding hydrogens is 324 g/mol. The number of benzene rings is 2. The summed E-state index contributed by atoms with van der Waals surface area (Å²) in [5, 5.41) is 15.0. The summed E-state index contributed by atoms with van der Waals surface area (Å²) in [6.07, 6.45) is 0. The van der Waals surface area contributed by atoms with Crippen LogP contribution in [-0.4, -0.2) is 28.8 Å². The predicted molar refractivity (Wildman–Crippen MR) is 96.8 cm³/mol. The molecule has 0 aromatic heterocycles. The number of rotatable bonds is 5. The van der Waals surface area contributed by atoms with Crippen LogP contribution in [0.25, 0.3) is 0 Å². The molecule has 0 spiro atoms. The Morgan fingerprint density at radius 2 is 1.92 bits per heavy atom. The lowest BCUT2D eigenvalue weighted by Crippen LogP contribution is -2.40. The Bertz CT molecular complexity index is 774. The van der Waals surface area contributed by atoms with Gasteiger partial charge in [-0.2, -0.15) is 11.8 Å². The highest BCUT2D eigenvalue weighted by Crippen LogP contribution is 2.29. The summed E-state index contributed by atoms with van der Waals surface area (Å²) >= 11 is 1.69. The van der Waals surface area contributed by atoms with Crippen LogP contribution in [0.5, 0.6) is 0 Å². The van der Waals surface area contributed by atoms with Gasteiger partial charge in [-0.05, 0) is 30.7 Å². The minimum atomic E-state index is -1.01. The van der Waals surface area contributed by atoms with Crippen molar-refractivity contribution in [2.45, 2.75) is 18.7 Å².